The molecule has 2 nitrogen and oxygen atoms in total. The molecule has 0 spiro atoms. The Labute approximate surface area is 124 Å². The monoisotopic (exact) mass is 391 g/mol. The van der Waals surface area contributed by atoms with Crippen molar-refractivity contribution in [1.82, 2.24) is 5.32 Å². The Hall–Kier alpha value is -0.720. The number of carbonyl (C=O) groups excluding carboxylic acids is 1. The zero-order valence-electron chi connectivity index (χ0n) is 9.04. The Morgan fingerprint density at radius 2 is 2.11 bits per heavy atom. The van der Waals surface area contributed by atoms with Crippen LogP contribution in [0.2, 0.25) is 0 Å². The molecule has 1 heterocycles. The van der Waals surface area contributed by atoms with Crippen LogP contribution in [0.15, 0.2) is 38.6 Å². The summed E-state index contributed by atoms with van der Waals surface area (Å²) in [5, 5.41) is 4.74. The molecule has 1 aromatic heterocycles. The molecule has 0 aliphatic carbocycles. The van der Waals surface area contributed by atoms with Gasteiger partial charge in [0.1, 0.15) is 5.82 Å². The number of halogens is 3. The van der Waals surface area contributed by atoms with E-state index in [4.69, 9.17) is 0 Å². The van der Waals surface area contributed by atoms with Gasteiger partial charge in [-0.2, -0.15) is 0 Å². The SMILES string of the molecule is O=C(NCc1cc(Br)cs1)c1ccc(F)c(Br)c1. The van der Waals surface area contributed by atoms with E-state index in [2.05, 4.69) is 37.2 Å². The number of thiophene rings is 1. The Bertz CT molecular complexity index is 585. The highest BCUT2D eigenvalue weighted by atomic mass is 79.9. The predicted molar refractivity (Wildman–Crippen MR) is 77.3 cm³/mol. The van der Waals surface area contributed by atoms with E-state index in [1.807, 2.05) is 11.4 Å². The third-order valence-electron chi connectivity index (χ3n) is 2.23. The number of amides is 1. The highest BCUT2D eigenvalue weighted by Gasteiger charge is 2.08. The van der Waals surface area contributed by atoms with Crippen molar-refractivity contribution in [3.8, 4) is 0 Å². The van der Waals surface area contributed by atoms with Gasteiger partial charge in [0, 0.05) is 20.3 Å². The van der Waals surface area contributed by atoms with Gasteiger partial charge in [-0.05, 0) is 56.1 Å². The van der Waals surface area contributed by atoms with E-state index in [1.54, 1.807) is 11.3 Å². The largest absolute Gasteiger partial charge is 0.347 e. The van der Waals surface area contributed by atoms with Crippen LogP contribution in [0.5, 0.6) is 0 Å². The maximum absolute atomic E-state index is 13.0. The molecule has 2 aromatic rings. The van der Waals surface area contributed by atoms with Gasteiger partial charge in [0.05, 0.1) is 11.0 Å². The molecular weight excluding hydrogens is 385 g/mol. The molecule has 0 saturated carbocycles. The maximum Gasteiger partial charge on any atom is 0.251 e. The van der Waals surface area contributed by atoms with Crippen LogP contribution in [0.25, 0.3) is 0 Å². The van der Waals surface area contributed by atoms with E-state index in [1.165, 1.54) is 18.2 Å². The van der Waals surface area contributed by atoms with Gasteiger partial charge in [-0.25, -0.2) is 4.39 Å². The van der Waals surface area contributed by atoms with Crippen molar-refractivity contribution in [1.29, 1.82) is 0 Å². The average molecular weight is 393 g/mol. The van der Waals surface area contributed by atoms with Crippen LogP contribution < -0.4 is 5.32 Å². The van der Waals surface area contributed by atoms with Crippen molar-refractivity contribution in [2.45, 2.75) is 6.54 Å². The lowest BCUT2D eigenvalue weighted by Crippen LogP contribution is -2.22. The van der Waals surface area contributed by atoms with Gasteiger partial charge in [-0.15, -0.1) is 11.3 Å². The topological polar surface area (TPSA) is 29.1 Å². The molecule has 18 heavy (non-hydrogen) atoms. The second kappa shape index (κ2) is 5.95. The summed E-state index contributed by atoms with van der Waals surface area (Å²) in [6.07, 6.45) is 0. The third-order valence-corrected chi connectivity index (χ3v) is 4.53. The van der Waals surface area contributed by atoms with Crippen LogP contribution >= 0.6 is 43.2 Å². The summed E-state index contributed by atoms with van der Waals surface area (Å²) >= 11 is 7.97. The molecule has 0 aliphatic heterocycles. The molecule has 1 amide bonds. The molecule has 0 atom stereocenters. The van der Waals surface area contributed by atoms with Gasteiger partial charge in [-0.3, -0.25) is 4.79 Å². The highest BCUT2D eigenvalue weighted by molar-refractivity contribution is 9.10. The molecule has 0 saturated heterocycles. The lowest BCUT2D eigenvalue weighted by molar-refractivity contribution is 0.0951. The minimum Gasteiger partial charge on any atom is -0.347 e. The minimum atomic E-state index is -0.381. The smallest absolute Gasteiger partial charge is 0.251 e. The first-order valence-electron chi connectivity index (χ1n) is 5.02. The number of benzene rings is 1. The fourth-order valence-electron chi connectivity index (χ4n) is 1.35. The Balaban J connectivity index is 2.01. The first-order valence-corrected chi connectivity index (χ1v) is 7.49. The van der Waals surface area contributed by atoms with Gasteiger partial charge in [0.2, 0.25) is 0 Å². The maximum atomic E-state index is 13.0. The normalized spacial score (nSPS) is 10.4. The Kier molecular flexibility index (Phi) is 4.53. The standard InChI is InChI=1S/C12H8Br2FNOS/c13-8-4-9(18-6-8)5-16-12(17)7-1-2-11(15)10(14)3-7/h1-4,6H,5H2,(H,16,17). The van der Waals surface area contributed by atoms with Gasteiger partial charge in [0.15, 0.2) is 0 Å². The molecule has 0 aliphatic rings. The summed E-state index contributed by atoms with van der Waals surface area (Å²) in [6, 6.07) is 6.14. The van der Waals surface area contributed by atoms with Crippen LogP contribution in [0.1, 0.15) is 15.2 Å². The van der Waals surface area contributed by atoms with Crippen molar-refractivity contribution in [2.75, 3.05) is 0 Å². The predicted octanol–water partition coefficient (Wildman–Crippen LogP) is 4.34. The van der Waals surface area contributed by atoms with Crippen LogP contribution in [0.3, 0.4) is 0 Å². The van der Waals surface area contributed by atoms with Crippen molar-refractivity contribution in [3.05, 3.63) is 54.8 Å². The van der Waals surface area contributed by atoms with Gasteiger partial charge in [-0.1, -0.05) is 0 Å². The van der Waals surface area contributed by atoms with Crippen molar-refractivity contribution >= 4 is 49.1 Å². The average Bonchev–Trinajstić information content (AvgIpc) is 2.75. The second-order valence-corrected chi connectivity index (χ2v) is 6.31. The number of hydrogen-bond acceptors (Lipinski definition) is 2. The molecule has 2 rings (SSSR count). The molecule has 6 heteroatoms. The van der Waals surface area contributed by atoms with Gasteiger partial charge >= 0.3 is 0 Å². The number of nitrogens with one attached hydrogen (secondary N) is 1. The number of carbonyl (C=O) groups is 1. The van der Waals surface area contributed by atoms with E-state index in [0.717, 1.165) is 9.35 Å². The number of hydrogen-bond donors (Lipinski definition) is 1. The second-order valence-electron chi connectivity index (χ2n) is 3.54. The number of rotatable bonds is 3. The summed E-state index contributed by atoms with van der Waals surface area (Å²) < 4.78 is 14.3. The van der Waals surface area contributed by atoms with E-state index in [9.17, 15) is 9.18 Å². The highest BCUT2D eigenvalue weighted by Crippen LogP contribution is 2.20. The Morgan fingerprint density at radius 1 is 1.33 bits per heavy atom. The molecule has 1 N–H and O–H groups in total. The van der Waals surface area contributed by atoms with E-state index < -0.39 is 0 Å². The molecule has 0 bridgehead atoms. The van der Waals surface area contributed by atoms with Gasteiger partial charge in [0.25, 0.3) is 5.91 Å². The summed E-state index contributed by atoms with van der Waals surface area (Å²) in [7, 11) is 0. The summed E-state index contributed by atoms with van der Waals surface area (Å²) in [4.78, 5) is 12.9. The first kappa shape index (κ1) is 13.7. The van der Waals surface area contributed by atoms with Crippen molar-refractivity contribution in [3.63, 3.8) is 0 Å². The molecule has 1 aromatic carbocycles. The molecule has 0 unspecified atom stereocenters. The summed E-state index contributed by atoms with van der Waals surface area (Å²) in [5.74, 6) is -0.603. The van der Waals surface area contributed by atoms with Crippen molar-refractivity contribution < 1.29 is 9.18 Å². The van der Waals surface area contributed by atoms with Gasteiger partial charge < -0.3 is 5.32 Å². The van der Waals surface area contributed by atoms with E-state index >= 15 is 0 Å². The minimum absolute atomic E-state index is 0.222. The quantitative estimate of drug-likeness (QED) is 0.826. The zero-order chi connectivity index (χ0) is 13.1. The van der Waals surface area contributed by atoms with E-state index in [-0.39, 0.29) is 16.2 Å². The summed E-state index contributed by atoms with van der Waals surface area (Å²) in [6.45, 7) is 0.462. The zero-order valence-corrected chi connectivity index (χ0v) is 13.0. The van der Waals surface area contributed by atoms with E-state index in [0.29, 0.717) is 12.1 Å². The summed E-state index contributed by atoms with van der Waals surface area (Å²) in [5.41, 5.74) is 0.430. The molecule has 0 radical (unpaired) electrons. The third kappa shape index (κ3) is 3.40. The fourth-order valence-corrected chi connectivity index (χ4v) is 3.12. The molecule has 94 valence electrons. The first-order chi connectivity index (χ1) is 8.56. The lowest BCUT2D eigenvalue weighted by atomic mass is 10.2. The Morgan fingerprint density at radius 3 is 2.72 bits per heavy atom. The molecule has 0 fully saturated rings. The lowest BCUT2D eigenvalue weighted by Gasteiger charge is -2.04. The van der Waals surface area contributed by atoms with Crippen LogP contribution in [-0.4, -0.2) is 5.91 Å². The molecular formula is C12H8Br2FNOS. The fraction of sp³-hybridized carbons (Fsp3) is 0.0833. The van der Waals surface area contributed by atoms with Crippen molar-refractivity contribution in [2.24, 2.45) is 0 Å². The van der Waals surface area contributed by atoms with Crippen LogP contribution in [0.4, 0.5) is 4.39 Å². The van der Waals surface area contributed by atoms with Crippen LogP contribution in [-0.2, 0) is 6.54 Å². The van der Waals surface area contributed by atoms with Crippen LogP contribution in [0, 0.1) is 5.82 Å².